The van der Waals surface area contributed by atoms with E-state index in [0.29, 0.717) is 5.75 Å². The number of amides is 4. The van der Waals surface area contributed by atoms with Crippen LogP contribution in [-0.4, -0.2) is 93.8 Å². The van der Waals surface area contributed by atoms with Crippen LogP contribution in [0, 0.1) is 0 Å². The molecule has 0 saturated carbocycles. The predicted octanol–water partition coefficient (Wildman–Crippen LogP) is -3.76. The monoisotopic (exact) mass is 465 g/mol. The van der Waals surface area contributed by atoms with Crippen molar-refractivity contribution in [3.63, 3.8) is 0 Å². The Kier molecular flexibility index (Phi) is 13.4. The molecule has 0 rings (SSSR count). The Morgan fingerprint density at radius 2 is 1.55 bits per heavy atom. The zero-order chi connectivity index (χ0) is 24.1. The molecule has 178 valence electrons. The highest BCUT2D eigenvalue weighted by molar-refractivity contribution is 7.98. The summed E-state index contributed by atoms with van der Waals surface area (Å²) in [7, 11) is 0. The number of aliphatic carboxylic acids is 1. The smallest absolute Gasteiger partial charge is 0.326 e. The van der Waals surface area contributed by atoms with Crippen molar-refractivity contribution in [3.8, 4) is 0 Å². The van der Waals surface area contributed by atoms with Crippen LogP contribution in [0.5, 0.6) is 0 Å². The van der Waals surface area contributed by atoms with Crippen LogP contribution in [0.25, 0.3) is 0 Å². The third-order valence-electron chi connectivity index (χ3n) is 4.14. The van der Waals surface area contributed by atoms with Crippen molar-refractivity contribution >= 4 is 41.4 Å². The Morgan fingerprint density at radius 3 is 2.00 bits per heavy atom. The van der Waals surface area contributed by atoms with Gasteiger partial charge in [0.25, 0.3) is 0 Å². The van der Waals surface area contributed by atoms with E-state index in [1.807, 2.05) is 0 Å². The van der Waals surface area contributed by atoms with E-state index < -0.39 is 66.5 Å². The highest BCUT2D eigenvalue weighted by Crippen LogP contribution is 2.03. The second kappa shape index (κ2) is 14.6. The summed E-state index contributed by atoms with van der Waals surface area (Å²) >= 11 is 1.38. The summed E-state index contributed by atoms with van der Waals surface area (Å²) in [5, 5.41) is 35.1. The maximum absolute atomic E-state index is 12.4. The van der Waals surface area contributed by atoms with Crippen molar-refractivity contribution in [2.24, 2.45) is 11.5 Å². The van der Waals surface area contributed by atoms with E-state index in [4.69, 9.17) is 11.5 Å². The molecule has 0 spiro atoms. The van der Waals surface area contributed by atoms with Crippen molar-refractivity contribution in [1.29, 1.82) is 0 Å². The number of hydrogen-bond acceptors (Lipinski definition) is 9. The van der Waals surface area contributed by atoms with Gasteiger partial charge in [-0.2, -0.15) is 11.8 Å². The van der Waals surface area contributed by atoms with Gasteiger partial charge in [-0.05, 0) is 31.8 Å². The van der Waals surface area contributed by atoms with Crippen molar-refractivity contribution in [1.82, 2.24) is 16.0 Å². The number of nitrogens with two attached hydrogens (primary N) is 2. The maximum atomic E-state index is 12.4. The van der Waals surface area contributed by atoms with Gasteiger partial charge in [-0.3, -0.25) is 19.2 Å². The first kappa shape index (κ1) is 28.6. The lowest BCUT2D eigenvalue weighted by Crippen LogP contribution is -2.60. The van der Waals surface area contributed by atoms with Gasteiger partial charge in [0.2, 0.25) is 23.6 Å². The van der Waals surface area contributed by atoms with Crippen LogP contribution >= 0.6 is 11.8 Å². The summed E-state index contributed by atoms with van der Waals surface area (Å²) in [6.45, 7) is 0.355. The van der Waals surface area contributed by atoms with Gasteiger partial charge in [-0.15, -0.1) is 0 Å². The lowest BCUT2D eigenvalue weighted by Gasteiger charge is -2.25. The fourth-order valence-corrected chi connectivity index (χ4v) is 2.79. The van der Waals surface area contributed by atoms with Gasteiger partial charge in [0.05, 0.1) is 18.8 Å². The number of carboxylic acids is 1. The molecule has 31 heavy (non-hydrogen) atoms. The minimum absolute atomic E-state index is 0.0771. The standard InChI is InChI=1S/C17H31N5O8S/c1-8(24)13(16(28)20-10(17(29)30)5-6-31-2)22-15(27)11(7-23)21-14(26)9(18)3-4-12(19)25/h8-11,13,23-24H,3-7,18H2,1-2H3,(H2,19,25)(H,20,28)(H,21,26)(H,22,27)(H,29,30). The highest BCUT2D eigenvalue weighted by atomic mass is 32.2. The van der Waals surface area contributed by atoms with Gasteiger partial charge < -0.3 is 42.7 Å². The molecule has 0 aromatic heterocycles. The van der Waals surface area contributed by atoms with E-state index in [1.54, 1.807) is 6.26 Å². The van der Waals surface area contributed by atoms with Crippen LogP contribution in [0.2, 0.25) is 0 Å². The van der Waals surface area contributed by atoms with E-state index >= 15 is 0 Å². The van der Waals surface area contributed by atoms with E-state index in [0.717, 1.165) is 0 Å². The van der Waals surface area contributed by atoms with E-state index in [-0.39, 0.29) is 19.3 Å². The predicted molar refractivity (Wildman–Crippen MR) is 112 cm³/mol. The zero-order valence-electron chi connectivity index (χ0n) is 17.4. The largest absolute Gasteiger partial charge is 0.480 e. The molecule has 0 aliphatic heterocycles. The van der Waals surface area contributed by atoms with E-state index in [9.17, 15) is 39.3 Å². The summed E-state index contributed by atoms with van der Waals surface area (Å²) in [6.07, 6.45) is 0.249. The number of thioether (sulfide) groups is 1. The topological polar surface area (TPSA) is 234 Å². The van der Waals surface area contributed by atoms with Crippen LogP contribution in [0.3, 0.4) is 0 Å². The highest BCUT2D eigenvalue weighted by Gasteiger charge is 2.32. The average Bonchev–Trinajstić information content (AvgIpc) is 2.70. The second-order valence-corrected chi connectivity index (χ2v) is 7.75. The number of primary amides is 1. The van der Waals surface area contributed by atoms with Gasteiger partial charge in [-0.25, -0.2) is 4.79 Å². The zero-order valence-corrected chi connectivity index (χ0v) is 18.2. The molecule has 0 fully saturated rings. The molecule has 10 N–H and O–H groups in total. The molecule has 14 heteroatoms. The summed E-state index contributed by atoms with van der Waals surface area (Å²) < 4.78 is 0. The maximum Gasteiger partial charge on any atom is 0.326 e. The van der Waals surface area contributed by atoms with Gasteiger partial charge >= 0.3 is 5.97 Å². The average molecular weight is 466 g/mol. The summed E-state index contributed by atoms with van der Waals surface area (Å²) in [5.41, 5.74) is 10.6. The Morgan fingerprint density at radius 1 is 0.968 bits per heavy atom. The molecule has 0 heterocycles. The molecule has 5 atom stereocenters. The minimum Gasteiger partial charge on any atom is -0.480 e. The van der Waals surface area contributed by atoms with Crippen LogP contribution in [0.15, 0.2) is 0 Å². The third kappa shape index (κ3) is 11.0. The first-order valence-corrected chi connectivity index (χ1v) is 10.8. The Hall–Kier alpha value is -2.42. The van der Waals surface area contributed by atoms with E-state index in [2.05, 4.69) is 16.0 Å². The number of carboxylic acid groups (broad SMARTS) is 1. The number of carbonyl (C=O) groups excluding carboxylic acids is 4. The Labute approximate surface area is 183 Å². The van der Waals surface area contributed by atoms with Crippen LogP contribution in [0.1, 0.15) is 26.2 Å². The summed E-state index contributed by atoms with van der Waals surface area (Å²) in [4.78, 5) is 58.9. The van der Waals surface area contributed by atoms with Crippen molar-refractivity contribution < 1.29 is 39.3 Å². The molecule has 5 unspecified atom stereocenters. The number of rotatable bonds is 15. The van der Waals surface area contributed by atoms with Gasteiger partial charge in [0, 0.05) is 6.42 Å². The fraction of sp³-hybridized carbons (Fsp3) is 0.706. The SMILES string of the molecule is CSCCC(NC(=O)C(NC(=O)C(CO)NC(=O)C(N)CCC(N)=O)C(C)O)C(=O)O. The molecule has 0 saturated heterocycles. The number of aliphatic hydroxyl groups excluding tert-OH is 2. The fourth-order valence-electron chi connectivity index (χ4n) is 2.32. The molecule has 0 bridgehead atoms. The number of nitrogens with one attached hydrogen (secondary N) is 3. The van der Waals surface area contributed by atoms with Crippen LogP contribution in [0.4, 0.5) is 0 Å². The first-order chi connectivity index (χ1) is 14.4. The Bertz CT molecular complexity index is 648. The molecular weight excluding hydrogens is 434 g/mol. The normalized spacial score (nSPS) is 15.6. The van der Waals surface area contributed by atoms with Crippen molar-refractivity contribution in [3.05, 3.63) is 0 Å². The lowest BCUT2D eigenvalue weighted by molar-refractivity contribution is -0.143. The number of hydrogen-bond donors (Lipinski definition) is 8. The molecule has 0 aromatic rings. The number of carbonyl (C=O) groups is 5. The quantitative estimate of drug-likeness (QED) is 0.118. The van der Waals surface area contributed by atoms with Gasteiger partial charge in [0.15, 0.2) is 0 Å². The Balaban J connectivity index is 5.10. The lowest BCUT2D eigenvalue weighted by atomic mass is 10.1. The summed E-state index contributed by atoms with van der Waals surface area (Å²) in [6, 6.07) is -5.45. The van der Waals surface area contributed by atoms with E-state index in [1.165, 1.54) is 18.7 Å². The first-order valence-electron chi connectivity index (χ1n) is 9.40. The van der Waals surface area contributed by atoms with Crippen LogP contribution < -0.4 is 27.4 Å². The molecule has 0 aliphatic rings. The molecule has 13 nitrogen and oxygen atoms in total. The van der Waals surface area contributed by atoms with Gasteiger partial charge in [-0.1, -0.05) is 0 Å². The summed E-state index contributed by atoms with van der Waals surface area (Å²) in [5.74, 6) is -4.27. The molecule has 0 radical (unpaired) electrons. The minimum atomic E-state index is -1.54. The van der Waals surface area contributed by atoms with Crippen LogP contribution in [-0.2, 0) is 24.0 Å². The van der Waals surface area contributed by atoms with Crippen molar-refractivity contribution in [2.75, 3.05) is 18.6 Å². The molecule has 0 aliphatic carbocycles. The second-order valence-electron chi connectivity index (χ2n) is 6.76. The number of aliphatic hydroxyl groups is 2. The van der Waals surface area contributed by atoms with Gasteiger partial charge in [0.1, 0.15) is 18.1 Å². The molecule has 0 aromatic carbocycles. The van der Waals surface area contributed by atoms with Crippen molar-refractivity contribution in [2.45, 2.75) is 56.5 Å². The molecule has 4 amide bonds. The molecular formula is C17H31N5O8S. The third-order valence-corrected chi connectivity index (χ3v) is 4.79.